The van der Waals surface area contributed by atoms with Gasteiger partial charge in [0, 0.05) is 15.8 Å². The van der Waals surface area contributed by atoms with Crippen LogP contribution in [-0.4, -0.2) is 6.03 Å². The van der Waals surface area contributed by atoms with Crippen molar-refractivity contribution >= 4 is 33.3 Å². The van der Waals surface area contributed by atoms with Gasteiger partial charge in [-0.2, -0.15) is 0 Å². The molecule has 2 N–H and O–H groups in total. The van der Waals surface area contributed by atoms with E-state index >= 15 is 0 Å². The highest BCUT2D eigenvalue weighted by Gasteiger charge is 2.11. The number of hydrogen-bond donors (Lipinski definition) is 2. The van der Waals surface area contributed by atoms with Crippen LogP contribution in [0.3, 0.4) is 0 Å². The van der Waals surface area contributed by atoms with E-state index in [1.807, 2.05) is 42.5 Å². The van der Waals surface area contributed by atoms with Crippen LogP contribution in [0.25, 0.3) is 0 Å². The van der Waals surface area contributed by atoms with Gasteiger partial charge in [0.15, 0.2) is 0 Å². The first-order chi connectivity index (χ1) is 10.1. The first-order valence-corrected chi connectivity index (χ1v) is 7.82. The third-order valence-electron chi connectivity index (χ3n) is 3.43. The molecule has 1 unspecified atom stereocenters. The van der Waals surface area contributed by atoms with E-state index in [1.165, 1.54) is 0 Å². The maximum atomic E-state index is 12.1. The summed E-state index contributed by atoms with van der Waals surface area (Å²) in [6.07, 6.45) is 1.03. The van der Waals surface area contributed by atoms with Crippen molar-refractivity contribution in [3.63, 3.8) is 0 Å². The molecule has 21 heavy (non-hydrogen) atoms. The Morgan fingerprint density at radius 1 is 1.14 bits per heavy atom. The molecule has 0 heterocycles. The highest BCUT2D eigenvalue weighted by atomic mass is 79.9. The van der Waals surface area contributed by atoms with Crippen LogP contribution in [0.1, 0.15) is 31.7 Å². The van der Waals surface area contributed by atoms with E-state index in [0.717, 1.165) is 27.8 Å². The Morgan fingerprint density at radius 2 is 1.90 bits per heavy atom. The summed E-state index contributed by atoms with van der Waals surface area (Å²) in [4.78, 5) is 12.1. The lowest BCUT2D eigenvalue weighted by atomic mass is 9.97. The Balaban J connectivity index is 2.09. The molecule has 0 aromatic heterocycles. The SMILES string of the molecule is CCC(C)c1ccccc1NC(=O)Nc1cccc(Br)c1. The fourth-order valence-electron chi connectivity index (χ4n) is 2.11. The highest BCUT2D eigenvalue weighted by Crippen LogP contribution is 2.26. The zero-order valence-electron chi connectivity index (χ0n) is 12.2. The molecule has 0 aliphatic rings. The van der Waals surface area contributed by atoms with Crippen molar-refractivity contribution in [3.8, 4) is 0 Å². The van der Waals surface area contributed by atoms with E-state index in [1.54, 1.807) is 0 Å². The van der Waals surface area contributed by atoms with Gasteiger partial charge in [-0.15, -0.1) is 0 Å². The number of anilines is 2. The van der Waals surface area contributed by atoms with Crippen molar-refractivity contribution in [2.75, 3.05) is 10.6 Å². The van der Waals surface area contributed by atoms with Gasteiger partial charge < -0.3 is 10.6 Å². The second-order valence-electron chi connectivity index (χ2n) is 4.99. The van der Waals surface area contributed by atoms with Gasteiger partial charge >= 0.3 is 6.03 Å². The lowest BCUT2D eigenvalue weighted by Gasteiger charge is -2.16. The predicted octanol–water partition coefficient (Wildman–Crippen LogP) is 5.61. The van der Waals surface area contributed by atoms with Crippen LogP contribution in [0, 0.1) is 0 Å². The summed E-state index contributed by atoms with van der Waals surface area (Å²) < 4.78 is 0.931. The molecule has 0 radical (unpaired) electrons. The minimum atomic E-state index is -0.233. The number of nitrogens with one attached hydrogen (secondary N) is 2. The summed E-state index contributed by atoms with van der Waals surface area (Å²) >= 11 is 3.39. The van der Waals surface area contributed by atoms with Gasteiger partial charge in [0.2, 0.25) is 0 Å². The summed E-state index contributed by atoms with van der Waals surface area (Å²) in [6, 6.07) is 15.2. The maximum Gasteiger partial charge on any atom is 0.323 e. The van der Waals surface area contributed by atoms with Crippen molar-refractivity contribution in [2.24, 2.45) is 0 Å². The molecule has 2 rings (SSSR count). The molecule has 2 aromatic carbocycles. The van der Waals surface area contributed by atoms with Crippen LogP contribution >= 0.6 is 15.9 Å². The van der Waals surface area contributed by atoms with Gasteiger partial charge in [-0.3, -0.25) is 0 Å². The number of hydrogen-bond acceptors (Lipinski definition) is 1. The zero-order valence-corrected chi connectivity index (χ0v) is 13.8. The van der Waals surface area contributed by atoms with E-state index in [0.29, 0.717) is 5.92 Å². The van der Waals surface area contributed by atoms with Crippen LogP contribution in [0.2, 0.25) is 0 Å². The second kappa shape index (κ2) is 7.27. The molecular weight excluding hydrogens is 328 g/mol. The van der Waals surface area contributed by atoms with Gasteiger partial charge in [0.25, 0.3) is 0 Å². The van der Waals surface area contributed by atoms with E-state index < -0.39 is 0 Å². The van der Waals surface area contributed by atoms with E-state index in [4.69, 9.17) is 0 Å². The van der Waals surface area contributed by atoms with E-state index in [9.17, 15) is 4.79 Å². The first-order valence-electron chi connectivity index (χ1n) is 7.02. The summed E-state index contributed by atoms with van der Waals surface area (Å²) in [6.45, 7) is 4.30. The molecule has 0 fully saturated rings. The molecule has 4 heteroatoms. The number of benzene rings is 2. The molecule has 0 aliphatic heterocycles. The van der Waals surface area contributed by atoms with Gasteiger partial charge in [0.05, 0.1) is 0 Å². The summed E-state index contributed by atoms with van der Waals surface area (Å²) in [7, 11) is 0. The Kier molecular flexibility index (Phi) is 5.39. The lowest BCUT2D eigenvalue weighted by molar-refractivity contribution is 0.262. The number of amides is 2. The summed E-state index contributed by atoms with van der Waals surface area (Å²) in [5, 5.41) is 5.76. The lowest BCUT2D eigenvalue weighted by Crippen LogP contribution is -2.20. The quantitative estimate of drug-likeness (QED) is 0.742. The largest absolute Gasteiger partial charge is 0.323 e. The van der Waals surface area contributed by atoms with Crippen molar-refractivity contribution in [1.82, 2.24) is 0 Å². The molecule has 2 aromatic rings. The number of rotatable bonds is 4. The monoisotopic (exact) mass is 346 g/mol. The predicted molar refractivity (Wildman–Crippen MR) is 91.9 cm³/mol. The van der Waals surface area contributed by atoms with E-state index in [-0.39, 0.29) is 6.03 Å². The molecule has 110 valence electrons. The molecule has 0 saturated heterocycles. The normalized spacial score (nSPS) is 11.8. The Hall–Kier alpha value is -1.81. The number of carbonyl (C=O) groups excluding carboxylic acids is 1. The fourth-order valence-corrected chi connectivity index (χ4v) is 2.51. The average Bonchev–Trinajstić information content (AvgIpc) is 2.47. The molecule has 0 bridgehead atoms. The number of halogens is 1. The van der Waals surface area contributed by atoms with Crippen LogP contribution in [0.15, 0.2) is 53.0 Å². The second-order valence-corrected chi connectivity index (χ2v) is 5.90. The van der Waals surface area contributed by atoms with Gasteiger partial charge in [-0.25, -0.2) is 4.79 Å². The summed E-state index contributed by atoms with van der Waals surface area (Å²) in [5.41, 5.74) is 2.77. The molecule has 3 nitrogen and oxygen atoms in total. The van der Waals surface area contributed by atoms with Crippen molar-refractivity contribution < 1.29 is 4.79 Å². The van der Waals surface area contributed by atoms with Crippen LogP contribution in [0.5, 0.6) is 0 Å². The molecule has 0 spiro atoms. The molecular formula is C17H19BrN2O. The smallest absolute Gasteiger partial charge is 0.308 e. The van der Waals surface area contributed by atoms with Crippen molar-refractivity contribution in [2.45, 2.75) is 26.2 Å². The standard InChI is InChI=1S/C17H19BrN2O/c1-3-12(2)15-9-4-5-10-16(15)20-17(21)19-14-8-6-7-13(18)11-14/h4-12H,3H2,1-2H3,(H2,19,20,21). The number of urea groups is 1. The first kappa shape index (κ1) is 15.6. The minimum Gasteiger partial charge on any atom is -0.308 e. The van der Waals surface area contributed by atoms with Gasteiger partial charge in [-0.05, 0) is 42.2 Å². The maximum absolute atomic E-state index is 12.1. The van der Waals surface area contributed by atoms with Crippen LogP contribution in [0.4, 0.5) is 16.2 Å². The molecule has 2 amide bonds. The minimum absolute atomic E-state index is 0.233. The van der Waals surface area contributed by atoms with Gasteiger partial charge in [0.1, 0.15) is 0 Å². The molecule has 1 atom stereocenters. The van der Waals surface area contributed by atoms with Crippen LogP contribution in [-0.2, 0) is 0 Å². The zero-order chi connectivity index (χ0) is 15.2. The highest BCUT2D eigenvalue weighted by molar-refractivity contribution is 9.10. The Morgan fingerprint density at radius 3 is 2.62 bits per heavy atom. The van der Waals surface area contributed by atoms with E-state index in [2.05, 4.69) is 46.5 Å². The molecule has 0 aliphatic carbocycles. The topological polar surface area (TPSA) is 41.1 Å². The Labute approximate surface area is 133 Å². The average molecular weight is 347 g/mol. The summed E-state index contributed by atoms with van der Waals surface area (Å²) in [5.74, 6) is 0.410. The third-order valence-corrected chi connectivity index (χ3v) is 3.93. The van der Waals surface area contributed by atoms with Gasteiger partial charge in [-0.1, -0.05) is 54.0 Å². The number of carbonyl (C=O) groups is 1. The molecule has 0 saturated carbocycles. The Bertz CT molecular complexity index is 628. The third kappa shape index (κ3) is 4.33. The number of para-hydroxylation sites is 1. The fraction of sp³-hybridized carbons (Fsp3) is 0.235. The van der Waals surface area contributed by atoms with Crippen molar-refractivity contribution in [3.05, 3.63) is 58.6 Å². The van der Waals surface area contributed by atoms with Crippen LogP contribution < -0.4 is 10.6 Å². The van der Waals surface area contributed by atoms with Crippen molar-refractivity contribution in [1.29, 1.82) is 0 Å².